The fourth-order valence-corrected chi connectivity index (χ4v) is 8.51. The lowest BCUT2D eigenvalue weighted by Gasteiger charge is -2.25. The van der Waals surface area contributed by atoms with Crippen LogP contribution in [0.2, 0.25) is 0 Å². The highest BCUT2D eigenvalue weighted by Crippen LogP contribution is 2.71. The second-order valence-corrected chi connectivity index (χ2v) is 12.2. The van der Waals surface area contributed by atoms with E-state index in [4.69, 9.17) is 0 Å². The lowest BCUT2D eigenvalue weighted by Crippen LogP contribution is -2.25. The third kappa shape index (κ3) is 3.42. The zero-order valence-corrected chi connectivity index (χ0v) is 19.0. The van der Waals surface area contributed by atoms with Crippen LogP contribution in [0.3, 0.4) is 0 Å². The van der Waals surface area contributed by atoms with Crippen LogP contribution in [-0.2, 0) is 4.57 Å². The second-order valence-electron chi connectivity index (χ2n) is 7.10. The normalized spacial score (nSPS) is 20.6. The summed E-state index contributed by atoms with van der Waals surface area (Å²) < 4.78 is 16.6. The molecule has 0 aliphatic heterocycles. The monoisotopic (exact) mass is 500 g/mol. The van der Waals surface area contributed by atoms with Crippen molar-refractivity contribution in [3.05, 3.63) is 98.9 Å². The topological polar surface area (TPSA) is 17.1 Å². The molecule has 3 aromatic carbocycles. The van der Waals surface area contributed by atoms with Crippen LogP contribution in [0.25, 0.3) is 6.08 Å². The quantitative estimate of drug-likeness (QED) is 0.360. The first-order chi connectivity index (χ1) is 12.9. The van der Waals surface area contributed by atoms with Gasteiger partial charge in [-0.3, -0.25) is 0 Å². The van der Waals surface area contributed by atoms with Gasteiger partial charge in [-0.05, 0) is 37.1 Å². The van der Waals surface area contributed by atoms with E-state index in [2.05, 4.69) is 57.0 Å². The van der Waals surface area contributed by atoms with Crippen molar-refractivity contribution in [1.82, 2.24) is 0 Å². The standard InChI is InChI=1S/C23H19Br2OP/c1-23(16-18(23)12-17-13-19(24)15-20(25)14-17)27(26,21-8-4-2-5-9-21)22-10-6-3-7-11-22/h2-15H,16H2,1H3/b18-12+/t23-/m0/s1. The highest BCUT2D eigenvalue weighted by molar-refractivity contribution is 9.11. The molecule has 4 heteroatoms. The maximum atomic E-state index is 14.6. The number of allylic oxidation sites excluding steroid dienone is 1. The molecular formula is C23H19Br2OP. The Morgan fingerprint density at radius 3 is 1.81 bits per heavy atom. The van der Waals surface area contributed by atoms with E-state index in [1.165, 1.54) is 5.57 Å². The van der Waals surface area contributed by atoms with Crippen LogP contribution in [-0.4, -0.2) is 5.16 Å². The van der Waals surface area contributed by atoms with Crippen LogP contribution in [0.1, 0.15) is 18.9 Å². The van der Waals surface area contributed by atoms with Crippen molar-refractivity contribution in [2.24, 2.45) is 0 Å². The molecule has 0 aromatic heterocycles. The van der Waals surface area contributed by atoms with Gasteiger partial charge in [0.15, 0.2) is 7.14 Å². The van der Waals surface area contributed by atoms with E-state index in [9.17, 15) is 4.57 Å². The molecule has 4 rings (SSSR count). The first kappa shape index (κ1) is 18.9. The van der Waals surface area contributed by atoms with Gasteiger partial charge in [0.05, 0.1) is 5.16 Å². The van der Waals surface area contributed by atoms with Crippen molar-refractivity contribution in [1.29, 1.82) is 0 Å². The van der Waals surface area contributed by atoms with E-state index < -0.39 is 7.14 Å². The summed E-state index contributed by atoms with van der Waals surface area (Å²) in [5.41, 5.74) is 2.35. The third-order valence-electron chi connectivity index (χ3n) is 5.26. The Kier molecular flexibility index (Phi) is 5.05. The zero-order valence-electron chi connectivity index (χ0n) is 14.9. The predicted molar refractivity (Wildman–Crippen MR) is 123 cm³/mol. The summed E-state index contributed by atoms with van der Waals surface area (Å²) >= 11 is 7.10. The van der Waals surface area contributed by atoms with Gasteiger partial charge >= 0.3 is 0 Å². The number of halogens is 2. The lowest BCUT2D eigenvalue weighted by molar-refractivity contribution is 0.579. The van der Waals surface area contributed by atoms with Gasteiger partial charge < -0.3 is 4.57 Å². The third-order valence-corrected chi connectivity index (χ3v) is 10.1. The minimum absolute atomic E-state index is 0.343. The Hall–Kier alpha value is -1.41. The smallest absolute Gasteiger partial charge is 0.152 e. The number of hydrogen-bond acceptors (Lipinski definition) is 1. The molecule has 1 nitrogen and oxygen atoms in total. The Bertz CT molecular complexity index is 997. The van der Waals surface area contributed by atoms with Crippen molar-refractivity contribution in [2.75, 3.05) is 0 Å². The average Bonchev–Trinajstić information content (AvgIpc) is 3.32. The molecule has 0 unspecified atom stereocenters. The Balaban J connectivity index is 1.83. The van der Waals surface area contributed by atoms with Crippen LogP contribution in [0.5, 0.6) is 0 Å². The highest BCUT2D eigenvalue weighted by Gasteiger charge is 2.59. The maximum absolute atomic E-state index is 14.6. The molecular weight excluding hydrogens is 483 g/mol. The fraction of sp³-hybridized carbons (Fsp3) is 0.130. The van der Waals surface area contributed by atoms with E-state index in [-0.39, 0.29) is 5.16 Å². The molecule has 0 bridgehead atoms. The van der Waals surface area contributed by atoms with Gasteiger partial charge in [-0.15, -0.1) is 0 Å². The average molecular weight is 502 g/mol. The van der Waals surface area contributed by atoms with Crippen molar-refractivity contribution in [3.63, 3.8) is 0 Å². The number of rotatable bonds is 4. The summed E-state index contributed by atoms with van der Waals surface area (Å²) in [6, 6.07) is 26.1. The molecule has 0 saturated heterocycles. The SMILES string of the molecule is C[C@]1(P(=O)(c2ccccc2)c2ccccc2)C/C1=C\c1cc(Br)cc(Br)c1. The molecule has 1 atom stereocenters. The van der Waals surface area contributed by atoms with Gasteiger partial charge in [-0.25, -0.2) is 0 Å². The molecule has 0 N–H and O–H groups in total. The van der Waals surface area contributed by atoms with Crippen LogP contribution in [0, 0.1) is 0 Å². The van der Waals surface area contributed by atoms with E-state index in [0.29, 0.717) is 0 Å². The van der Waals surface area contributed by atoms with Gasteiger partial charge in [0, 0.05) is 19.6 Å². The first-order valence-corrected chi connectivity index (χ1v) is 12.1. The summed E-state index contributed by atoms with van der Waals surface area (Å²) in [6.07, 6.45) is 3.03. The lowest BCUT2D eigenvalue weighted by atomic mass is 10.2. The van der Waals surface area contributed by atoms with Crippen molar-refractivity contribution in [3.8, 4) is 0 Å². The van der Waals surface area contributed by atoms with E-state index >= 15 is 0 Å². The van der Waals surface area contributed by atoms with Crippen LogP contribution in [0.15, 0.2) is 93.4 Å². The van der Waals surface area contributed by atoms with E-state index in [1.54, 1.807) is 0 Å². The summed E-state index contributed by atoms with van der Waals surface area (Å²) in [7, 11) is -2.81. The summed E-state index contributed by atoms with van der Waals surface area (Å²) in [4.78, 5) is 0. The second kappa shape index (κ2) is 7.20. The summed E-state index contributed by atoms with van der Waals surface area (Å²) in [6.45, 7) is 2.15. The molecule has 0 heterocycles. The first-order valence-electron chi connectivity index (χ1n) is 8.82. The highest BCUT2D eigenvalue weighted by atomic mass is 79.9. The number of hydrogen-bond donors (Lipinski definition) is 0. The maximum Gasteiger partial charge on any atom is 0.152 e. The van der Waals surface area contributed by atoms with Crippen LogP contribution >= 0.6 is 39.0 Å². The molecule has 136 valence electrons. The number of benzene rings is 3. The molecule has 27 heavy (non-hydrogen) atoms. The largest absolute Gasteiger partial charge is 0.313 e. The summed E-state index contributed by atoms with van der Waals surface area (Å²) in [5.74, 6) is 0. The zero-order chi connectivity index (χ0) is 19.1. The molecule has 0 amide bonds. The molecule has 1 fully saturated rings. The van der Waals surface area contributed by atoms with Crippen molar-refractivity contribution < 1.29 is 4.57 Å². The Labute approximate surface area is 177 Å². The van der Waals surface area contributed by atoms with Crippen molar-refractivity contribution in [2.45, 2.75) is 18.5 Å². The van der Waals surface area contributed by atoms with Gasteiger partial charge in [0.2, 0.25) is 0 Å². The van der Waals surface area contributed by atoms with E-state index in [0.717, 1.165) is 31.5 Å². The fourth-order valence-electron chi connectivity index (χ4n) is 3.70. The molecule has 0 spiro atoms. The predicted octanol–water partition coefficient (Wildman–Crippen LogP) is 6.77. The molecule has 1 aliphatic carbocycles. The van der Waals surface area contributed by atoms with Gasteiger partial charge in [0.25, 0.3) is 0 Å². The van der Waals surface area contributed by atoms with Crippen LogP contribution < -0.4 is 10.6 Å². The summed E-state index contributed by atoms with van der Waals surface area (Å²) in [5, 5.41) is 1.51. The molecule has 0 radical (unpaired) electrons. The Morgan fingerprint density at radius 2 is 1.33 bits per heavy atom. The van der Waals surface area contributed by atoms with Gasteiger partial charge in [-0.2, -0.15) is 0 Å². The van der Waals surface area contributed by atoms with Gasteiger partial charge in [-0.1, -0.05) is 104 Å². The molecule has 1 aliphatic rings. The van der Waals surface area contributed by atoms with Crippen LogP contribution in [0.4, 0.5) is 0 Å². The molecule has 1 saturated carbocycles. The van der Waals surface area contributed by atoms with Crippen molar-refractivity contribution >= 4 is 55.7 Å². The van der Waals surface area contributed by atoms with Gasteiger partial charge in [0.1, 0.15) is 0 Å². The Morgan fingerprint density at radius 1 is 0.852 bits per heavy atom. The van der Waals surface area contributed by atoms with E-state index in [1.807, 2.05) is 66.7 Å². The minimum Gasteiger partial charge on any atom is -0.313 e. The molecule has 3 aromatic rings. The minimum atomic E-state index is -2.81.